The number of hydrogen-bond acceptors (Lipinski definition) is 3. The molecule has 0 bridgehead atoms. The Hall–Kier alpha value is -0.770. The molecular formula is C16H24ClN3. The van der Waals surface area contributed by atoms with Gasteiger partial charge >= 0.3 is 0 Å². The number of nitrogens with zero attached hydrogens (tertiary/aromatic N) is 2. The first-order valence-electron chi connectivity index (χ1n) is 7.75. The molecule has 2 fully saturated rings. The highest BCUT2D eigenvalue weighted by Crippen LogP contribution is 2.28. The number of hydrogen-bond donors (Lipinski definition) is 1. The quantitative estimate of drug-likeness (QED) is 0.900. The van der Waals surface area contributed by atoms with E-state index in [1.165, 1.54) is 24.1 Å². The summed E-state index contributed by atoms with van der Waals surface area (Å²) in [6.07, 6.45) is 2.65. The van der Waals surface area contributed by atoms with E-state index in [4.69, 9.17) is 11.6 Å². The van der Waals surface area contributed by atoms with Gasteiger partial charge in [0.05, 0.1) is 10.7 Å². The van der Waals surface area contributed by atoms with Gasteiger partial charge in [0, 0.05) is 38.8 Å². The lowest BCUT2D eigenvalue weighted by molar-refractivity contribution is 0.271. The van der Waals surface area contributed by atoms with Gasteiger partial charge in [-0.3, -0.25) is 0 Å². The molecule has 1 saturated carbocycles. The number of rotatable bonds is 5. The third kappa shape index (κ3) is 3.46. The monoisotopic (exact) mass is 293 g/mol. The molecule has 1 heterocycles. The van der Waals surface area contributed by atoms with E-state index >= 15 is 0 Å². The van der Waals surface area contributed by atoms with E-state index in [1.54, 1.807) is 0 Å². The summed E-state index contributed by atoms with van der Waals surface area (Å²) in [6, 6.07) is 7.27. The zero-order valence-electron chi connectivity index (χ0n) is 12.2. The van der Waals surface area contributed by atoms with E-state index in [-0.39, 0.29) is 0 Å². The third-order valence-electron chi connectivity index (χ3n) is 4.34. The predicted molar refractivity (Wildman–Crippen MR) is 85.6 cm³/mol. The van der Waals surface area contributed by atoms with Crippen LogP contribution in [0.15, 0.2) is 18.2 Å². The summed E-state index contributed by atoms with van der Waals surface area (Å²) in [4.78, 5) is 4.89. The van der Waals surface area contributed by atoms with Crippen molar-refractivity contribution in [3.63, 3.8) is 0 Å². The molecule has 0 atom stereocenters. The van der Waals surface area contributed by atoms with Gasteiger partial charge in [0.25, 0.3) is 0 Å². The van der Waals surface area contributed by atoms with Crippen molar-refractivity contribution < 1.29 is 0 Å². The zero-order chi connectivity index (χ0) is 13.9. The minimum Gasteiger partial charge on any atom is -0.368 e. The van der Waals surface area contributed by atoms with Crippen LogP contribution >= 0.6 is 11.6 Å². The fraction of sp³-hybridized carbons (Fsp3) is 0.625. The Morgan fingerprint density at radius 1 is 1.20 bits per heavy atom. The number of halogens is 1. The summed E-state index contributed by atoms with van der Waals surface area (Å²) < 4.78 is 0. The van der Waals surface area contributed by atoms with Crippen LogP contribution in [0.2, 0.25) is 5.02 Å². The molecular weight excluding hydrogens is 270 g/mol. The van der Waals surface area contributed by atoms with E-state index in [1.807, 2.05) is 0 Å². The molecule has 1 aromatic rings. The first-order chi connectivity index (χ1) is 9.76. The largest absolute Gasteiger partial charge is 0.368 e. The van der Waals surface area contributed by atoms with Crippen molar-refractivity contribution in [2.45, 2.75) is 32.4 Å². The van der Waals surface area contributed by atoms with Crippen molar-refractivity contribution in [1.82, 2.24) is 10.2 Å². The molecule has 4 heteroatoms. The van der Waals surface area contributed by atoms with Gasteiger partial charge in [-0.2, -0.15) is 0 Å². The van der Waals surface area contributed by atoms with Crippen LogP contribution in [0, 0.1) is 0 Å². The fourth-order valence-corrected chi connectivity index (χ4v) is 3.09. The summed E-state index contributed by atoms with van der Waals surface area (Å²) in [6.45, 7) is 8.74. The van der Waals surface area contributed by atoms with Gasteiger partial charge in [-0.25, -0.2) is 0 Å². The third-order valence-corrected chi connectivity index (χ3v) is 4.65. The van der Waals surface area contributed by atoms with Crippen molar-refractivity contribution in [2.75, 3.05) is 37.6 Å². The average Bonchev–Trinajstić information content (AvgIpc) is 3.30. The second kappa shape index (κ2) is 6.33. The molecule has 0 spiro atoms. The van der Waals surface area contributed by atoms with E-state index in [0.29, 0.717) is 0 Å². The molecule has 1 aliphatic carbocycles. The number of piperazine rings is 1. The molecule has 0 amide bonds. The average molecular weight is 294 g/mol. The van der Waals surface area contributed by atoms with Gasteiger partial charge in [-0.05, 0) is 37.1 Å². The molecule has 1 N–H and O–H groups in total. The number of benzene rings is 1. The van der Waals surface area contributed by atoms with Crippen LogP contribution in [-0.2, 0) is 6.54 Å². The van der Waals surface area contributed by atoms with Crippen molar-refractivity contribution >= 4 is 17.3 Å². The van der Waals surface area contributed by atoms with Crippen LogP contribution in [0.25, 0.3) is 0 Å². The normalized spacial score (nSPS) is 20.4. The highest BCUT2D eigenvalue weighted by atomic mass is 35.5. The molecule has 3 nitrogen and oxygen atoms in total. The topological polar surface area (TPSA) is 18.5 Å². The molecule has 1 saturated heterocycles. The standard InChI is InChI=1S/C16H24ClN3/c1-2-19-7-9-20(10-8-19)16-6-3-13(11-15(16)17)12-18-14-4-5-14/h3,6,11,14,18H,2,4-5,7-10,12H2,1H3. The lowest BCUT2D eigenvalue weighted by Crippen LogP contribution is -2.46. The van der Waals surface area contributed by atoms with Crippen LogP contribution < -0.4 is 10.2 Å². The SMILES string of the molecule is CCN1CCN(c2ccc(CNC3CC3)cc2Cl)CC1. The van der Waals surface area contributed by atoms with Gasteiger partial charge < -0.3 is 15.1 Å². The maximum absolute atomic E-state index is 6.48. The second-order valence-corrected chi connectivity index (χ2v) is 6.27. The van der Waals surface area contributed by atoms with Crippen LogP contribution in [0.1, 0.15) is 25.3 Å². The number of anilines is 1. The van der Waals surface area contributed by atoms with Gasteiger partial charge in [0.15, 0.2) is 0 Å². The smallest absolute Gasteiger partial charge is 0.0642 e. The van der Waals surface area contributed by atoms with Gasteiger partial charge in [0.2, 0.25) is 0 Å². The molecule has 20 heavy (non-hydrogen) atoms. The van der Waals surface area contributed by atoms with Gasteiger partial charge in [-0.15, -0.1) is 0 Å². The molecule has 0 aromatic heterocycles. The van der Waals surface area contributed by atoms with Crippen LogP contribution in [0.3, 0.4) is 0 Å². The van der Waals surface area contributed by atoms with Crippen molar-refractivity contribution in [3.05, 3.63) is 28.8 Å². The summed E-state index contributed by atoms with van der Waals surface area (Å²) in [7, 11) is 0. The lowest BCUT2D eigenvalue weighted by Gasteiger charge is -2.36. The summed E-state index contributed by atoms with van der Waals surface area (Å²) in [5.41, 5.74) is 2.48. The molecule has 0 radical (unpaired) electrons. The van der Waals surface area contributed by atoms with E-state index < -0.39 is 0 Å². The molecule has 1 aliphatic heterocycles. The van der Waals surface area contributed by atoms with Crippen LogP contribution in [0.4, 0.5) is 5.69 Å². The molecule has 1 aromatic carbocycles. The highest BCUT2D eigenvalue weighted by molar-refractivity contribution is 6.33. The Morgan fingerprint density at radius 3 is 2.55 bits per heavy atom. The van der Waals surface area contributed by atoms with Crippen LogP contribution in [0.5, 0.6) is 0 Å². The molecule has 3 rings (SSSR count). The Bertz CT molecular complexity index is 451. The number of likely N-dealkylation sites (N-methyl/N-ethyl adjacent to an activating group) is 1. The van der Waals surface area contributed by atoms with Gasteiger partial charge in [-0.1, -0.05) is 24.6 Å². The Kier molecular flexibility index (Phi) is 4.49. The van der Waals surface area contributed by atoms with Gasteiger partial charge in [0.1, 0.15) is 0 Å². The van der Waals surface area contributed by atoms with E-state index in [2.05, 4.69) is 40.2 Å². The van der Waals surface area contributed by atoms with E-state index in [9.17, 15) is 0 Å². The minimum absolute atomic E-state index is 0.746. The fourth-order valence-electron chi connectivity index (χ4n) is 2.77. The number of nitrogens with one attached hydrogen (secondary N) is 1. The Labute approximate surface area is 126 Å². The lowest BCUT2D eigenvalue weighted by atomic mass is 10.1. The van der Waals surface area contributed by atoms with Crippen molar-refractivity contribution in [2.24, 2.45) is 0 Å². The maximum atomic E-state index is 6.48. The summed E-state index contributed by atoms with van der Waals surface area (Å²) >= 11 is 6.48. The zero-order valence-corrected chi connectivity index (χ0v) is 13.0. The summed E-state index contributed by atoms with van der Waals surface area (Å²) in [5.74, 6) is 0. The van der Waals surface area contributed by atoms with E-state index in [0.717, 1.165) is 50.3 Å². The minimum atomic E-state index is 0.746. The van der Waals surface area contributed by atoms with Crippen molar-refractivity contribution in [1.29, 1.82) is 0 Å². The first kappa shape index (κ1) is 14.2. The molecule has 0 unspecified atom stereocenters. The predicted octanol–water partition coefficient (Wildman–Crippen LogP) is 2.73. The van der Waals surface area contributed by atoms with Crippen LogP contribution in [-0.4, -0.2) is 43.7 Å². The maximum Gasteiger partial charge on any atom is 0.0642 e. The second-order valence-electron chi connectivity index (χ2n) is 5.86. The Balaban J connectivity index is 1.61. The first-order valence-corrected chi connectivity index (χ1v) is 8.13. The molecule has 110 valence electrons. The molecule has 2 aliphatic rings. The Morgan fingerprint density at radius 2 is 1.95 bits per heavy atom. The van der Waals surface area contributed by atoms with Crippen molar-refractivity contribution in [3.8, 4) is 0 Å². The highest BCUT2D eigenvalue weighted by Gasteiger charge is 2.21. The summed E-state index contributed by atoms with van der Waals surface area (Å²) in [5, 5.41) is 4.43.